The molecule has 0 unspecified atom stereocenters. The van der Waals surface area contributed by atoms with Crippen molar-refractivity contribution in [1.29, 1.82) is 0 Å². The van der Waals surface area contributed by atoms with E-state index in [0.29, 0.717) is 11.8 Å². The second-order valence-electron chi connectivity index (χ2n) is 4.98. The molecular weight excluding hydrogens is 160 g/mol. The van der Waals surface area contributed by atoms with Crippen LogP contribution in [0, 0.1) is 11.8 Å². The smallest absolute Gasteiger partial charge is 0.0685 e. The summed E-state index contributed by atoms with van der Waals surface area (Å²) in [6.07, 6.45) is 8.21. The molecule has 0 radical (unpaired) electrons. The van der Waals surface area contributed by atoms with Crippen molar-refractivity contribution < 1.29 is 5.11 Å². The molecule has 2 rings (SSSR count). The van der Waals surface area contributed by atoms with E-state index in [9.17, 15) is 5.11 Å². The molecule has 0 aromatic rings. The minimum Gasteiger partial charge on any atom is -0.390 e. The topological polar surface area (TPSA) is 20.2 Å². The first kappa shape index (κ1) is 9.26. The summed E-state index contributed by atoms with van der Waals surface area (Å²) in [7, 11) is 0. The van der Waals surface area contributed by atoms with Gasteiger partial charge in [0.05, 0.1) is 5.60 Å². The average Bonchev–Trinajstić information content (AvgIpc) is 2.13. The molecule has 1 saturated carbocycles. The lowest BCUT2D eigenvalue weighted by atomic mass is 9.65. The first-order valence-electron chi connectivity index (χ1n) is 5.53. The van der Waals surface area contributed by atoms with Gasteiger partial charge in [-0.05, 0) is 44.9 Å². The van der Waals surface area contributed by atoms with Gasteiger partial charge in [-0.15, -0.1) is 0 Å². The summed E-state index contributed by atoms with van der Waals surface area (Å²) in [4.78, 5) is 0. The van der Waals surface area contributed by atoms with Crippen LogP contribution in [0.1, 0.15) is 46.0 Å². The second kappa shape index (κ2) is 3.13. The zero-order chi connectivity index (χ0) is 9.47. The summed E-state index contributed by atoms with van der Waals surface area (Å²) in [6.45, 7) is 4.32. The van der Waals surface area contributed by atoms with Gasteiger partial charge < -0.3 is 5.11 Å². The van der Waals surface area contributed by atoms with E-state index in [1.807, 2.05) is 6.92 Å². The van der Waals surface area contributed by atoms with Gasteiger partial charge in [0.25, 0.3) is 0 Å². The lowest BCUT2D eigenvalue weighted by Gasteiger charge is -2.44. The molecule has 1 heteroatoms. The maximum atomic E-state index is 10.2. The van der Waals surface area contributed by atoms with Gasteiger partial charge >= 0.3 is 0 Å². The van der Waals surface area contributed by atoms with Crippen molar-refractivity contribution in [3.8, 4) is 0 Å². The Morgan fingerprint density at radius 2 is 2.23 bits per heavy atom. The fraction of sp³-hybridized carbons (Fsp3) is 0.833. The molecule has 1 N–H and O–H groups in total. The Balaban J connectivity index is 2.27. The molecule has 0 bridgehead atoms. The van der Waals surface area contributed by atoms with Gasteiger partial charge in [-0.3, -0.25) is 0 Å². The summed E-state index contributed by atoms with van der Waals surface area (Å²) < 4.78 is 0. The van der Waals surface area contributed by atoms with E-state index in [0.717, 1.165) is 12.8 Å². The zero-order valence-electron chi connectivity index (χ0n) is 8.71. The van der Waals surface area contributed by atoms with Crippen molar-refractivity contribution in [2.24, 2.45) is 11.8 Å². The molecule has 0 amide bonds. The monoisotopic (exact) mass is 180 g/mol. The van der Waals surface area contributed by atoms with E-state index in [2.05, 4.69) is 13.0 Å². The molecule has 2 aliphatic rings. The first-order chi connectivity index (χ1) is 6.11. The quantitative estimate of drug-likeness (QED) is 0.568. The second-order valence-corrected chi connectivity index (χ2v) is 4.98. The van der Waals surface area contributed by atoms with E-state index in [4.69, 9.17) is 0 Å². The van der Waals surface area contributed by atoms with Crippen LogP contribution in [0.15, 0.2) is 11.6 Å². The minimum absolute atomic E-state index is 0.418. The SMILES string of the molecule is C[C@H]1CC[C@@](C)(O)[C@H]2CCCC=C12. The summed E-state index contributed by atoms with van der Waals surface area (Å²) in [5.41, 5.74) is 1.13. The molecule has 13 heavy (non-hydrogen) atoms. The number of aliphatic hydroxyl groups is 1. The van der Waals surface area contributed by atoms with Crippen LogP contribution in [0.4, 0.5) is 0 Å². The molecule has 0 spiro atoms. The Hall–Kier alpha value is -0.300. The lowest BCUT2D eigenvalue weighted by Crippen LogP contribution is -2.42. The van der Waals surface area contributed by atoms with Crippen LogP contribution in [0.5, 0.6) is 0 Å². The molecule has 0 aromatic carbocycles. The van der Waals surface area contributed by atoms with Crippen LogP contribution < -0.4 is 0 Å². The van der Waals surface area contributed by atoms with Gasteiger partial charge in [0.15, 0.2) is 0 Å². The molecule has 0 aliphatic heterocycles. The standard InChI is InChI=1S/C12H20O/c1-9-7-8-12(2,13)11-6-4-3-5-10(9)11/h5,9,11,13H,3-4,6-8H2,1-2H3/t9-,11-,12+/m0/s1. The molecule has 1 fully saturated rings. The third kappa shape index (κ3) is 1.54. The number of rotatable bonds is 0. The summed E-state index contributed by atoms with van der Waals surface area (Å²) in [5.74, 6) is 1.18. The maximum absolute atomic E-state index is 10.2. The number of fused-ring (bicyclic) bond motifs is 1. The third-order valence-electron chi connectivity index (χ3n) is 3.88. The average molecular weight is 180 g/mol. The maximum Gasteiger partial charge on any atom is 0.0685 e. The number of allylic oxidation sites excluding steroid dienone is 1. The van der Waals surface area contributed by atoms with Gasteiger partial charge in [0.1, 0.15) is 0 Å². The zero-order valence-corrected chi connectivity index (χ0v) is 8.71. The predicted octanol–water partition coefficient (Wildman–Crippen LogP) is 2.89. The summed E-state index contributed by atoms with van der Waals surface area (Å²) in [6, 6.07) is 0. The van der Waals surface area contributed by atoms with Crippen LogP contribution in [0.3, 0.4) is 0 Å². The van der Waals surface area contributed by atoms with Crippen molar-refractivity contribution in [3.05, 3.63) is 11.6 Å². The highest BCUT2D eigenvalue weighted by molar-refractivity contribution is 5.20. The van der Waals surface area contributed by atoms with E-state index in [-0.39, 0.29) is 0 Å². The molecule has 1 nitrogen and oxygen atoms in total. The fourth-order valence-corrected chi connectivity index (χ4v) is 2.96. The third-order valence-corrected chi connectivity index (χ3v) is 3.88. The fourth-order valence-electron chi connectivity index (χ4n) is 2.96. The molecule has 74 valence electrons. The van der Waals surface area contributed by atoms with Crippen LogP contribution in [0.25, 0.3) is 0 Å². The van der Waals surface area contributed by atoms with Crippen molar-refractivity contribution in [2.75, 3.05) is 0 Å². The number of hydrogen-bond acceptors (Lipinski definition) is 1. The number of hydrogen-bond donors (Lipinski definition) is 1. The molecule has 0 aromatic heterocycles. The minimum atomic E-state index is -0.418. The van der Waals surface area contributed by atoms with Crippen molar-refractivity contribution in [1.82, 2.24) is 0 Å². The van der Waals surface area contributed by atoms with Crippen molar-refractivity contribution in [2.45, 2.75) is 51.6 Å². The van der Waals surface area contributed by atoms with Crippen LogP contribution >= 0.6 is 0 Å². The predicted molar refractivity (Wildman–Crippen MR) is 54.4 cm³/mol. The highest BCUT2D eigenvalue weighted by Crippen LogP contribution is 2.45. The first-order valence-corrected chi connectivity index (χ1v) is 5.53. The molecular formula is C12H20O. The van der Waals surface area contributed by atoms with E-state index in [1.165, 1.54) is 19.3 Å². The van der Waals surface area contributed by atoms with E-state index < -0.39 is 5.60 Å². The normalized spacial score (nSPS) is 45.3. The van der Waals surface area contributed by atoms with Gasteiger partial charge in [-0.1, -0.05) is 18.6 Å². The Bertz CT molecular complexity index is 227. The Morgan fingerprint density at radius 3 is 2.92 bits per heavy atom. The van der Waals surface area contributed by atoms with Crippen LogP contribution in [0.2, 0.25) is 0 Å². The highest BCUT2D eigenvalue weighted by Gasteiger charge is 2.40. The van der Waals surface area contributed by atoms with Gasteiger partial charge in [0.2, 0.25) is 0 Å². The molecule has 2 aliphatic carbocycles. The molecule has 0 saturated heterocycles. The van der Waals surface area contributed by atoms with E-state index >= 15 is 0 Å². The Morgan fingerprint density at radius 1 is 1.46 bits per heavy atom. The highest BCUT2D eigenvalue weighted by atomic mass is 16.3. The van der Waals surface area contributed by atoms with Crippen molar-refractivity contribution in [3.63, 3.8) is 0 Å². The lowest BCUT2D eigenvalue weighted by molar-refractivity contribution is -0.0230. The van der Waals surface area contributed by atoms with Gasteiger partial charge in [0, 0.05) is 5.92 Å². The van der Waals surface area contributed by atoms with Gasteiger partial charge in [-0.25, -0.2) is 0 Å². The summed E-state index contributed by atoms with van der Waals surface area (Å²) in [5, 5.41) is 10.2. The Labute approximate surface area is 80.8 Å². The molecule has 3 atom stereocenters. The Kier molecular flexibility index (Phi) is 2.23. The van der Waals surface area contributed by atoms with Crippen LogP contribution in [-0.2, 0) is 0 Å². The molecule has 0 heterocycles. The largest absolute Gasteiger partial charge is 0.390 e. The van der Waals surface area contributed by atoms with E-state index in [1.54, 1.807) is 5.57 Å². The van der Waals surface area contributed by atoms with Gasteiger partial charge in [-0.2, -0.15) is 0 Å². The summed E-state index contributed by atoms with van der Waals surface area (Å²) >= 11 is 0. The van der Waals surface area contributed by atoms with Crippen molar-refractivity contribution >= 4 is 0 Å². The van der Waals surface area contributed by atoms with Crippen LogP contribution in [-0.4, -0.2) is 10.7 Å².